The summed E-state index contributed by atoms with van der Waals surface area (Å²) in [5, 5.41) is 4.20. The van der Waals surface area contributed by atoms with E-state index in [9.17, 15) is 4.79 Å². The number of carbonyl (C=O) groups is 1. The average Bonchev–Trinajstić information content (AvgIpc) is 3.04. The molecule has 110 valence electrons. The number of nitrogens with two attached hydrogens (primary N) is 1. The van der Waals surface area contributed by atoms with Crippen LogP contribution in [0.5, 0.6) is 0 Å². The monoisotopic (exact) mass is 292 g/mol. The molecule has 5 heteroatoms. The van der Waals surface area contributed by atoms with Gasteiger partial charge in [-0.05, 0) is 54.3 Å². The second kappa shape index (κ2) is 5.81. The van der Waals surface area contributed by atoms with E-state index in [4.69, 9.17) is 5.73 Å². The number of aromatic nitrogens is 3. The molecule has 3 aromatic rings. The molecule has 1 amide bonds. The van der Waals surface area contributed by atoms with Crippen molar-refractivity contribution in [3.05, 3.63) is 77.4 Å². The van der Waals surface area contributed by atoms with Gasteiger partial charge in [0.2, 0.25) is 0 Å². The van der Waals surface area contributed by atoms with E-state index in [0.29, 0.717) is 5.69 Å². The molecule has 22 heavy (non-hydrogen) atoms. The Bertz CT molecular complexity index is 792. The summed E-state index contributed by atoms with van der Waals surface area (Å²) in [6.07, 6.45) is 6.07. The quantitative estimate of drug-likeness (QED) is 0.801. The van der Waals surface area contributed by atoms with Gasteiger partial charge in [-0.2, -0.15) is 5.10 Å². The zero-order valence-corrected chi connectivity index (χ0v) is 12.2. The van der Waals surface area contributed by atoms with Crippen molar-refractivity contribution in [3.8, 4) is 5.69 Å². The van der Waals surface area contributed by atoms with Crippen molar-refractivity contribution in [2.75, 3.05) is 0 Å². The highest BCUT2D eigenvalue weighted by atomic mass is 16.1. The molecule has 2 aromatic heterocycles. The molecule has 0 aliphatic carbocycles. The van der Waals surface area contributed by atoms with E-state index in [1.54, 1.807) is 18.5 Å². The first-order valence-corrected chi connectivity index (χ1v) is 6.98. The van der Waals surface area contributed by atoms with Gasteiger partial charge in [-0.25, -0.2) is 4.68 Å². The van der Waals surface area contributed by atoms with E-state index in [2.05, 4.69) is 22.2 Å². The number of hydrogen-bond donors (Lipinski definition) is 1. The van der Waals surface area contributed by atoms with Crippen molar-refractivity contribution in [2.45, 2.75) is 13.3 Å². The minimum absolute atomic E-state index is 0.300. The molecule has 1 aromatic carbocycles. The fourth-order valence-corrected chi connectivity index (χ4v) is 2.30. The van der Waals surface area contributed by atoms with Crippen LogP contribution < -0.4 is 5.73 Å². The van der Waals surface area contributed by atoms with Crippen LogP contribution in [0.4, 0.5) is 0 Å². The zero-order chi connectivity index (χ0) is 15.5. The minimum atomic E-state index is -0.504. The lowest BCUT2D eigenvalue weighted by Gasteiger charge is -2.08. The molecule has 0 bridgehead atoms. The van der Waals surface area contributed by atoms with Gasteiger partial charge in [0, 0.05) is 18.6 Å². The number of carbonyl (C=O) groups excluding carboxylic acids is 1. The van der Waals surface area contributed by atoms with Gasteiger partial charge in [0.05, 0.1) is 5.69 Å². The Balaban J connectivity index is 1.84. The Morgan fingerprint density at radius 1 is 1.27 bits per heavy atom. The minimum Gasteiger partial charge on any atom is -0.364 e. The lowest BCUT2D eigenvalue weighted by Crippen LogP contribution is -2.13. The molecular formula is C17H16N4O. The largest absolute Gasteiger partial charge is 0.364 e. The third kappa shape index (κ3) is 2.88. The third-order valence-electron chi connectivity index (χ3n) is 3.57. The van der Waals surface area contributed by atoms with Crippen LogP contribution in [0.3, 0.4) is 0 Å². The normalized spacial score (nSPS) is 10.6. The lowest BCUT2D eigenvalue weighted by molar-refractivity contribution is 0.0995. The summed E-state index contributed by atoms with van der Waals surface area (Å²) in [5.74, 6) is -0.504. The van der Waals surface area contributed by atoms with Gasteiger partial charge in [-0.3, -0.25) is 9.78 Å². The number of amides is 1. The summed E-state index contributed by atoms with van der Waals surface area (Å²) in [6.45, 7) is 1.98. The number of nitrogens with zero attached hydrogens (tertiary/aromatic N) is 3. The van der Waals surface area contributed by atoms with E-state index in [-0.39, 0.29) is 0 Å². The second-order valence-corrected chi connectivity index (χ2v) is 5.15. The molecule has 0 saturated heterocycles. The standard InChI is InChI=1S/C17H16N4O/c1-12-11-19-16(17(18)22)10-14(12)9-13-3-5-15(6-4-13)21-8-2-7-20-21/h2-8,10-11H,9H2,1H3,(H2,18,22). The van der Waals surface area contributed by atoms with E-state index >= 15 is 0 Å². The van der Waals surface area contributed by atoms with Crippen molar-refractivity contribution in [1.29, 1.82) is 0 Å². The number of rotatable bonds is 4. The summed E-state index contributed by atoms with van der Waals surface area (Å²) in [6, 6.07) is 11.8. The van der Waals surface area contributed by atoms with Gasteiger partial charge >= 0.3 is 0 Å². The van der Waals surface area contributed by atoms with E-state index in [1.807, 2.05) is 36.0 Å². The summed E-state index contributed by atoms with van der Waals surface area (Å²) in [5.41, 5.74) is 9.85. The molecule has 5 nitrogen and oxygen atoms in total. The molecule has 3 rings (SSSR count). The van der Waals surface area contributed by atoms with Crippen molar-refractivity contribution >= 4 is 5.91 Å². The van der Waals surface area contributed by atoms with Crippen LogP contribution in [0.2, 0.25) is 0 Å². The molecule has 2 heterocycles. The predicted octanol–water partition coefficient (Wildman–Crippen LogP) is 2.27. The van der Waals surface area contributed by atoms with Crippen LogP contribution in [-0.2, 0) is 6.42 Å². The molecule has 0 spiro atoms. The number of primary amides is 1. The summed E-state index contributed by atoms with van der Waals surface area (Å²) >= 11 is 0. The fraction of sp³-hybridized carbons (Fsp3) is 0.118. The summed E-state index contributed by atoms with van der Waals surface area (Å²) < 4.78 is 1.81. The van der Waals surface area contributed by atoms with E-state index in [1.165, 1.54) is 0 Å². The highest BCUT2D eigenvalue weighted by Crippen LogP contribution is 2.16. The van der Waals surface area contributed by atoms with Crippen LogP contribution in [0.25, 0.3) is 5.69 Å². The highest BCUT2D eigenvalue weighted by molar-refractivity contribution is 5.90. The molecular weight excluding hydrogens is 276 g/mol. The van der Waals surface area contributed by atoms with Crippen LogP contribution in [0, 0.1) is 6.92 Å². The van der Waals surface area contributed by atoms with Crippen LogP contribution in [0.15, 0.2) is 55.0 Å². The van der Waals surface area contributed by atoms with Crippen LogP contribution >= 0.6 is 0 Å². The van der Waals surface area contributed by atoms with Crippen LogP contribution in [-0.4, -0.2) is 20.7 Å². The number of hydrogen-bond acceptors (Lipinski definition) is 3. The van der Waals surface area contributed by atoms with E-state index in [0.717, 1.165) is 28.8 Å². The smallest absolute Gasteiger partial charge is 0.267 e. The number of pyridine rings is 1. The molecule has 0 radical (unpaired) electrons. The summed E-state index contributed by atoms with van der Waals surface area (Å²) in [7, 11) is 0. The Kier molecular flexibility index (Phi) is 3.70. The van der Waals surface area contributed by atoms with Crippen molar-refractivity contribution in [1.82, 2.24) is 14.8 Å². The Hall–Kier alpha value is -2.95. The van der Waals surface area contributed by atoms with Gasteiger partial charge in [-0.1, -0.05) is 12.1 Å². The second-order valence-electron chi connectivity index (χ2n) is 5.15. The van der Waals surface area contributed by atoms with Gasteiger partial charge in [0.15, 0.2) is 0 Å². The Labute approximate surface area is 128 Å². The fourth-order valence-electron chi connectivity index (χ4n) is 2.30. The molecule has 0 aliphatic rings. The van der Waals surface area contributed by atoms with Gasteiger partial charge in [0.1, 0.15) is 5.69 Å². The maximum atomic E-state index is 11.2. The molecule has 0 saturated carbocycles. The molecule has 0 aliphatic heterocycles. The first-order valence-electron chi connectivity index (χ1n) is 6.98. The topological polar surface area (TPSA) is 73.8 Å². The van der Waals surface area contributed by atoms with Crippen molar-refractivity contribution in [2.24, 2.45) is 5.73 Å². The van der Waals surface area contributed by atoms with Crippen molar-refractivity contribution < 1.29 is 4.79 Å². The summed E-state index contributed by atoms with van der Waals surface area (Å²) in [4.78, 5) is 15.3. The first-order chi connectivity index (χ1) is 10.6. The third-order valence-corrected chi connectivity index (χ3v) is 3.57. The van der Waals surface area contributed by atoms with E-state index < -0.39 is 5.91 Å². The Morgan fingerprint density at radius 2 is 2.05 bits per heavy atom. The maximum absolute atomic E-state index is 11.2. The molecule has 2 N–H and O–H groups in total. The van der Waals surface area contributed by atoms with Crippen molar-refractivity contribution in [3.63, 3.8) is 0 Å². The molecule has 0 unspecified atom stereocenters. The van der Waals surface area contributed by atoms with Gasteiger partial charge in [-0.15, -0.1) is 0 Å². The lowest BCUT2D eigenvalue weighted by atomic mass is 10.0. The molecule has 0 atom stereocenters. The number of benzene rings is 1. The van der Waals surface area contributed by atoms with Gasteiger partial charge < -0.3 is 5.73 Å². The highest BCUT2D eigenvalue weighted by Gasteiger charge is 2.07. The Morgan fingerprint density at radius 3 is 2.68 bits per heavy atom. The first kappa shape index (κ1) is 14.0. The average molecular weight is 292 g/mol. The van der Waals surface area contributed by atoms with Gasteiger partial charge in [0.25, 0.3) is 5.91 Å². The maximum Gasteiger partial charge on any atom is 0.267 e. The predicted molar refractivity (Wildman–Crippen MR) is 83.9 cm³/mol. The number of aryl methyl sites for hydroxylation is 1. The zero-order valence-electron chi connectivity index (χ0n) is 12.2. The molecule has 0 fully saturated rings. The SMILES string of the molecule is Cc1cnc(C(N)=O)cc1Cc1ccc(-n2cccn2)cc1. The van der Waals surface area contributed by atoms with Crippen LogP contribution in [0.1, 0.15) is 27.2 Å².